The molecule has 0 spiro atoms. The largest absolute Gasteiger partial charge is 0.376 e. The van der Waals surface area contributed by atoms with Gasteiger partial charge in [-0.05, 0) is 25.7 Å². The minimum absolute atomic E-state index is 0.0500. The van der Waals surface area contributed by atoms with Gasteiger partial charge in [-0.2, -0.15) is 0 Å². The summed E-state index contributed by atoms with van der Waals surface area (Å²) in [5.74, 6) is -0.0500. The van der Waals surface area contributed by atoms with Crippen LogP contribution in [0.3, 0.4) is 0 Å². The first kappa shape index (κ1) is 12.5. The van der Waals surface area contributed by atoms with Crippen LogP contribution in [-0.4, -0.2) is 31.2 Å². The van der Waals surface area contributed by atoms with Gasteiger partial charge in [-0.25, -0.2) is 0 Å². The van der Waals surface area contributed by atoms with Crippen LogP contribution in [0.2, 0.25) is 0 Å². The van der Waals surface area contributed by atoms with E-state index in [0.717, 1.165) is 32.3 Å². The fourth-order valence-corrected chi connectivity index (χ4v) is 1.76. The van der Waals surface area contributed by atoms with Gasteiger partial charge in [-0.15, -0.1) is 0 Å². The second-order valence-electron chi connectivity index (χ2n) is 4.13. The molecule has 0 aromatic carbocycles. The minimum Gasteiger partial charge on any atom is -0.376 e. The van der Waals surface area contributed by atoms with Gasteiger partial charge in [0.15, 0.2) is 0 Å². The number of carbonyl (C=O) groups excluding carboxylic acids is 1. The van der Waals surface area contributed by atoms with Crippen molar-refractivity contribution in [3.8, 4) is 0 Å². The smallest absolute Gasteiger partial charge is 0.237 e. The highest BCUT2D eigenvalue weighted by molar-refractivity contribution is 5.81. The predicted molar refractivity (Wildman–Crippen MR) is 59.5 cm³/mol. The van der Waals surface area contributed by atoms with Crippen LogP contribution in [0, 0.1) is 0 Å². The van der Waals surface area contributed by atoms with E-state index in [-0.39, 0.29) is 18.1 Å². The topological polar surface area (TPSA) is 64.4 Å². The number of carbonyl (C=O) groups is 1. The highest BCUT2D eigenvalue weighted by atomic mass is 16.5. The molecule has 1 heterocycles. The van der Waals surface area contributed by atoms with Gasteiger partial charge < -0.3 is 15.8 Å². The number of nitrogens with one attached hydrogen (secondary N) is 1. The normalized spacial score (nSPS) is 23.5. The van der Waals surface area contributed by atoms with Gasteiger partial charge in [0.25, 0.3) is 0 Å². The Labute approximate surface area is 91.5 Å². The average Bonchev–Trinajstić information content (AvgIpc) is 2.27. The van der Waals surface area contributed by atoms with Crippen molar-refractivity contribution in [1.29, 1.82) is 0 Å². The molecule has 4 nitrogen and oxygen atoms in total. The van der Waals surface area contributed by atoms with Crippen LogP contribution in [0.1, 0.15) is 39.0 Å². The Bertz CT molecular complexity index is 191. The maximum atomic E-state index is 11.5. The fraction of sp³-hybridized carbons (Fsp3) is 0.909. The van der Waals surface area contributed by atoms with Crippen LogP contribution in [0.15, 0.2) is 0 Å². The summed E-state index contributed by atoms with van der Waals surface area (Å²) in [6.45, 7) is 3.45. The van der Waals surface area contributed by atoms with E-state index < -0.39 is 0 Å². The quantitative estimate of drug-likeness (QED) is 0.711. The fourth-order valence-electron chi connectivity index (χ4n) is 1.76. The number of ether oxygens (including phenoxy) is 1. The van der Waals surface area contributed by atoms with Gasteiger partial charge in [-0.1, -0.05) is 13.3 Å². The SMILES string of the molecule is CCC[C@H](N)C(=O)NCC1CCCCO1. The Morgan fingerprint density at radius 3 is 3.00 bits per heavy atom. The summed E-state index contributed by atoms with van der Waals surface area (Å²) in [5, 5.41) is 2.85. The van der Waals surface area contributed by atoms with Crippen molar-refractivity contribution >= 4 is 5.91 Å². The number of hydrogen-bond acceptors (Lipinski definition) is 3. The van der Waals surface area contributed by atoms with E-state index in [9.17, 15) is 4.79 Å². The van der Waals surface area contributed by atoms with E-state index in [2.05, 4.69) is 5.32 Å². The van der Waals surface area contributed by atoms with Crippen molar-refractivity contribution < 1.29 is 9.53 Å². The van der Waals surface area contributed by atoms with Crippen molar-refractivity contribution in [3.63, 3.8) is 0 Å². The lowest BCUT2D eigenvalue weighted by Gasteiger charge is -2.23. The lowest BCUT2D eigenvalue weighted by atomic mass is 10.1. The molecule has 1 rings (SSSR count). The van der Waals surface area contributed by atoms with Crippen molar-refractivity contribution in [2.45, 2.75) is 51.2 Å². The molecule has 0 aliphatic carbocycles. The first-order valence-corrected chi connectivity index (χ1v) is 5.89. The van der Waals surface area contributed by atoms with Crippen LogP contribution in [0.5, 0.6) is 0 Å². The summed E-state index contributed by atoms with van der Waals surface area (Å²) in [5.41, 5.74) is 5.69. The van der Waals surface area contributed by atoms with E-state index in [4.69, 9.17) is 10.5 Å². The highest BCUT2D eigenvalue weighted by Gasteiger charge is 2.17. The van der Waals surface area contributed by atoms with Crippen molar-refractivity contribution in [1.82, 2.24) is 5.32 Å². The molecule has 15 heavy (non-hydrogen) atoms. The van der Waals surface area contributed by atoms with Crippen molar-refractivity contribution in [3.05, 3.63) is 0 Å². The van der Waals surface area contributed by atoms with Gasteiger partial charge in [0.05, 0.1) is 12.1 Å². The number of rotatable bonds is 5. The van der Waals surface area contributed by atoms with Crippen LogP contribution in [0.4, 0.5) is 0 Å². The summed E-state index contributed by atoms with van der Waals surface area (Å²) >= 11 is 0. The third kappa shape index (κ3) is 4.62. The van der Waals surface area contributed by atoms with Crippen LogP contribution in [-0.2, 0) is 9.53 Å². The minimum atomic E-state index is -0.362. The Morgan fingerprint density at radius 1 is 1.60 bits per heavy atom. The third-order valence-corrected chi connectivity index (χ3v) is 2.71. The van der Waals surface area contributed by atoms with E-state index in [1.807, 2.05) is 6.92 Å². The molecular weight excluding hydrogens is 192 g/mol. The zero-order valence-electron chi connectivity index (χ0n) is 9.50. The van der Waals surface area contributed by atoms with Gasteiger partial charge in [-0.3, -0.25) is 4.79 Å². The summed E-state index contributed by atoms with van der Waals surface area (Å²) in [7, 11) is 0. The second-order valence-corrected chi connectivity index (χ2v) is 4.13. The molecule has 4 heteroatoms. The first-order valence-electron chi connectivity index (χ1n) is 5.89. The average molecular weight is 214 g/mol. The zero-order valence-corrected chi connectivity index (χ0v) is 9.50. The van der Waals surface area contributed by atoms with Gasteiger partial charge in [0.1, 0.15) is 0 Å². The van der Waals surface area contributed by atoms with Gasteiger partial charge in [0.2, 0.25) is 5.91 Å². The monoisotopic (exact) mass is 214 g/mol. The molecule has 0 aromatic heterocycles. The summed E-state index contributed by atoms with van der Waals surface area (Å²) < 4.78 is 5.51. The van der Waals surface area contributed by atoms with Crippen molar-refractivity contribution in [2.75, 3.05) is 13.2 Å². The summed E-state index contributed by atoms with van der Waals surface area (Å²) in [6, 6.07) is -0.362. The van der Waals surface area contributed by atoms with Gasteiger partial charge >= 0.3 is 0 Å². The number of nitrogens with two attached hydrogens (primary N) is 1. The molecule has 2 atom stereocenters. The molecule has 88 valence electrons. The Hall–Kier alpha value is -0.610. The Morgan fingerprint density at radius 2 is 2.40 bits per heavy atom. The molecule has 1 unspecified atom stereocenters. The Balaban J connectivity index is 2.14. The number of hydrogen-bond donors (Lipinski definition) is 2. The standard InChI is InChI=1S/C11H22N2O2/c1-2-5-10(12)11(14)13-8-9-6-3-4-7-15-9/h9-10H,2-8,12H2,1H3,(H,13,14)/t9?,10-/m0/s1. The molecule has 0 aromatic rings. The predicted octanol–water partition coefficient (Wildman–Crippen LogP) is 0.799. The number of amides is 1. The molecule has 0 bridgehead atoms. The maximum absolute atomic E-state index is 11.5. The molecule has 0 saturated carbocycles. The molecule has 1 aliphatic rings. The lowest BCUT2D eigenvalue weighted by Crippen LogP contribution is -2.44. The van der Waals surface area contributed by atoms with Crippen molar-refractivity contribution in [2.24, 2.45) is 5.73 Å². The van der Waals surface area contributed by atoms with Crippen LogP contribution < -0.4 is 11.1 Å². The molecule has 3 N–H and O–H groups in total. The zero-order chi connectivity index (χ0) is 11.1. The maximum Gasteiger partial charge on any atom is 0.237 e. The third-order valence-electron chi connectivity index (χ3n) is 2.71. The lowest BCUT2D eigenvalue weighted by molar-refractivity contribution is -0.123. The van der Waals surface area contributed by atoms with Crippen LogP contribution in [0.25, 0.3) is 0 Å². The van der Waals surface area contributed by atoms with E-state index >= 15 is 0 Å². The molecule has 1 fully saturated rings. The first-order chi connectivity index (χ1) is 7.24. The van der Waals surface area contributed by atoms with E-state index in [1.54, 1.807) is 0 Å². The van der Waals surface area contributed by atoms with E-state index in [1.165, 1.54) is 6.42 Å². The molecule has 1 aliphatic heterocycles. The van der Waals surface area contributed by atoms with E-state index in [0.29, 0.717) is 6.54 Å². The summed E-state index contributed by atoms with van der Waals surface area (Å²) in [6.07, 6.45) is 5.26. The highest BCUT2D eigenvalue weighted by Crippen LogP contribution is 2.11. The second kappa shape index (κ2) is 6.80. The van der Waals surface area contributed by atoms with Gasteiger partial charge in [0, 0.05) is 13.2 Å². The molecular formula is C11H22N2O2. The van der Waals surface area contributed by atoms with Crippen LogP contribution >= 0.6 is 0 Å². The molecule has 1 amide bonds. The molecule has 0 radical (unpaired) electrons. The Kier molecular flexibility index (Phi) is 5.65. The summed E-state index contributed by atoms with van der Waals surface area (Å²) in [4.78, 5) is 11.5. The molecule has 1 saturated heterocycles.